The Labute approximate surface area is 276 Å². The highest BCUT2D eigenvalue weighted by Gasteiger charge is 2.44. The largest absolute Gasteiger partial charge is 0.481 e. The van der Waals surface area contributed by atoms with E-state index in [4.69, 9.17) is 22.3 Å². The highest BCUT2D eigenvalue weighted by atomic mass is 35.5. The number of rotatable bonds is 13. The third-order valence-corrected chi connectivity index (χ3v) is 9.92. The molecule has 5 rings (SSSR count). The summed E-state index contributed by atoms with van der Waals surface area (Å²) in [6.07, 6.45) is 9.67. The van der Waals surface area contributed by atoms with Crippen LogP contribution in [0.2, 0.25) is 5.02 Å². The van der Waals surface area contributed by atoms with Gasteiger partial charge in [-0.25, -0.2) is 4.98 Å². The number of pyridine rings is 1. The van der Waals surface area contributed by atoms with Crippen LogP contribution in [0.25, 0.3) is 23.1 Å². The first-order chi connectivity index (χ1) is 21.5. The van der Waals surface area contributed by atoms with Crippen LogP contribution in [0.5, 0.6) is 0 Å². The van der Waals surface area contributed by atoms with Crippen LogP contribution in [-0.4, -0.2) is 33.5 Å². The van der Waals surface area contributed by atoms with E-state index in [9.17, 15) is 15.0 Å². The topological polar surface area (TPSA) is 96.4 Å². The van der Waals surface area contributed by atoms with Gasteiger partial charge in [-0.3, -0.25) is 4.79 Å². The molecule has 1 aromatic heterocycles. The minimum atomic E-state index is -0.911. The number of carboxylic acids is 1. The first kappa shape index (κ1) is 34.5. The normalized spacial score (nSPS) is 14.5. The number of hydrogen-bond acceptors (Lipinski definition) is 5. The molecule has 7 heteroatoms. The monoisotopic (exact) mass is 642 g/mol. The molecule has 1 aliphatic rings. The maximum atomic E-state index is 11.5. The highest BCUT2D eigenvalue weighted by molar-refractivity contribution is 7.99. The molecule has 0 spiro atoms. The zero-order chi connectivity index (χ0) is 32.5. The number of halogens is 1. The molecule has 1 heterocycles. The molecule has 0 amide bonds. The Hall–Kier alpha value is -3.42. The quantitative estimate of drug-likeness (QED) is 0.126. The number of carbonyl (C=O) groups is 1. The van der Waals surface area contributed by atoms with Crippen molar-refractivity contribution in [3.05, 3.63) is 124 Å². The van der Waals surface area contributed by atoms with Crippen molar-refractivity contribution in [3.8, 4) is 0 Å². The number of aromatic nitrogens is 1. The van der Waals surface area contributed by atoms with Gasteiger partial charge in [-0.15, -0.1) is 6.58 Å². The van der Waals surface area contributed by atoms with Gasteiger partial charge in [-0.05, 0) is 91.5 Å². The van der Waals surface area contributed by atoms with Crippen molar-refractivity contribution in [2.45, 2.75) is 56.8 Å². The standard InChI is InChI=1S/C35H36ClNO3S.C3H7N/c1-34(2,40)30-9-4-3-7-25(30)13-17-32(41-23-35(18-19-35)22-33(38)39)27-8-5-6-24(20-27)10-15-29-16-12-26-11-14-28(36)21-31(26)37-29;1-2-3-4/h3-12,14-16,20-21,32,40H,13,17-19,22-23H2,1-2H3,(H,38,39);2H,1,3-4H2/t32-;/m1./s1. The lowest BCUT2D eigenvalue weighted by Gasteiger charge is -2.24. The summed E-state index contributed by atoms with van der Waals surface area (Å²) in [5.41, 5.74) is 10.1. The zero-order valence-electron chi connectivity index (χ0n) is 26.1. The summed E-state index contributed by atoms with van der Waals surface area (Å²) >= 11 is 8.04. The van der Waals surface area contributed by atoms with Crippen molar-refractivity contribution in [2.24, 2.45) is 11.1 Å². The van der Waals surface area contributed by atoms with Crippen LogP contribution in [-0.2, 0) is 16.8 Å². The average Bonchev–Trinajstić information content (AvgIpc) is 3.78. The molecule has 0 saturated heterocycles. The first-order valence-corrected chi connectivity index (χ1v) is 16.7. The van der Waals surface area contributed by atoms with Crippen LogP contribution in [0, 0.1) is 5.41 Å². The number of benzene rings is 3. The van der Waals surface area contributed by atoms with Crippen LogP contribution in [0.4, 0.5) is 0 Å². The predicted octanol–water partition coefficient (Wildman–Crippen LogP) is 9.08. The lowest BCUT2D eigenvalue weighted by Crippen LogP contribution is -2.18. The number of hydrogen-bond donors (Lipinski definition) is 3. The van der Waals surface area contributed by atoms with Crippen LogP contribution in [0.3, 0.4) is 0 Å². The maximum Gasteiger partial charge on any atom is 0.303 e. The molecule has 45 heavy (non-hydrogen) atoms. The Bertz CT molecular complexity index is 1640. The lowest BCUT2D eigenvalue weighted by atomic mass is 9.90. The summed E-state index contributed by atoms with van der Waals surface area (Å²) in [7, 11) is 0. The molecule has 1 atom stereocenters. The van der Waals surface area contributed by atoms with Gasteiger partial charge in [-0.2, -0.15) is 11.8 Å². The van der Waals surface area contributed by atoms with Crippen LogP contribution in [0.15, 0.2) is 91.5 Å². The van der Waals surface area contributed by atoms with Crippen molar-refractivity contribution in [2.75, 3.05) is 12.3 Å². The molecule has 1 fully saturated rings. The third kappa shape index (κ3) is 10.3. The maximum absolute atomic E-state index is 11.5. The fourth-order valence-electron chi connectivity index (χ4n) is 5.36. The molecule has 5 nitrogen and oxygen atoms in total. The molecule has 1 saturated carbocycles. The molecule has 0 radical (unpaired) electrons. The number of aliphatic carboxylic acids is 1. The number of aryl methyl sites for hydroxylation is 1. The average molecular weight is 643 g/mol. The van der Waals surface area contributed by atoms with E-state index < -0.39 is 11.6 Å². The Morgan fingerprint density at radius 2 is 1.82 bits per heavy atom. The summed E-state index contributed by atoms with van der Waals surface area (Å²) in [6.45, 7) is 7.60. The molecule has 0 bridgehead atoms. The van der Waals surface area contributed by atoms with Gasteiger partial charge in [0.15, 0.2) is 0 Å². The SMILES string of the molecule is C=CCN.CC(C)(O)c1ccccc1CC[C@@H](SCC1(CC(=O)O)CC1)c1cccc(C=Cc2ccc3ccc(Cl)cc3n2)c1. The van der Waals surface area contributed by atoms with Crippen LogP contribution >= 0.6 is 23.4 Å². The van der Waals surface area contributed by atoms with Gasteiger partial charge in [0.25, 0.3) is 0 Å². The van der Waals surface area contributed by atoms with Gasteiger partial charge < -0.3 is 15.9 Å². The number of aliphatic hydroxyl groups is 1. The molecule has 3 aromatic carbocycles. The molecule has 0 unspecified atom stereocenters. The number of carboxylic acid groups (broad SMARTS) is 1. The predicted molar refractivity (Wildman–Crippen MR) is 191 cm³/mol. The Kier molecular flexibility index (Phi) is 12.0. The number of thioether (sulfide) groups is 1. The number of nitrogens with two attached hydrogens (primary N) is 1. The van der Waals surface area contributed by atoms with E-state index in [-0.39, 0.29) is 17.1 Å². The van der Waals surface area contributed by atoms with E-state index in [1.165, 1.54) is 5.56 Å². The molecule has 4 N–H and O–H groups in total. The van der Waals surface area contributed by atoms with E-state index in [1.807, 2.05) is 74.1 Å². The van der Waals surface area contributed by atoms with Gasteiger partial charge in [0.1, 0.15) is 0 Å². The summed E-state index contributed by atoms with van der Waals surface area (Å²) < 4.78 is 0. The Balaban J connectivity index is 0.00000109. The second-order valence-corrected chi connectivity index (χ2v) is 13.9. The third-order valence-electron chi connectivity index (χ3n) is 8.00. The minimum Gasteiger partial charge on any atom is -0.481 e. The van der Waals surface area contributed by atoms with E-state index in [1.54, 1.807) is 6.08 Å². The second kappa shape index (κ2) is 15.7. The van der Waals surface area contributed by atoms with E-state index >= 15 is 0 Å². The molecule has 0 aliphatic heterocycles. The number of fused-ring (bicyclic) bond motifs is 1. The molecule has 1 aliphatic carbocycles. The summed E-state index contributed by atoms with van der Waals surface area (Å²) in [6, 6.07) is 26.5. The van der Waals surface area contributed by atoms with Gasteiger partial charge >= 0.3 is 5.97 Å². The van der Waals surface area contributed by atoms with Crippen molar-refractivity contribution < 1.29 is 15.0 Å². The van der Waals surface area contributed by atoms with Gasteiger partial charge in [0, 0.05) is 28.0 Å². The smallest absolute Gasteiger partial charge is 0.303 e. The highest BCUT2D eigenvalue weighted by Crippen LogP contribution is 2.53. The summed E-state index contributed by atoms with van der Waals surface area (Å²) in [5.74, 6) is 0.122. The minimum absolute atomic E-state index is 0.0814. The first-order valence-electron chi connectivity index (χ1n) is 15.3. The summed E-state index contributed by atoms with van der Waals surface area (Å²) in [4.78, 5) is 16.2. The fraction of sp³-hybridized carbons (Fsp3) is 0.316. The molecule has 4 aromatic rings. The van der Waals surface area contributed by atoms with E-state index in [0.717, 1.165) is 64.7 Å². The van der Waals surface area contributed by atoms with E-state index in [0.29, 0.717) is 11.6 Å². The second-order valence-electron chi connectivity index (χ2n) is 12.2. The molecular formula is C38H43ClN2O3S. The Morgan fingerprint density at radius 1 is 1.09 bits per heavy atom. The van der Waals surface area contributed by atoms with Gasteiger partial charge in [0.2, 0.25) is 0 Å². The fourth-order valence-corrected chi connectivity index (χ4v) is 7.09. The van der Waals surface area contributed by atoms with Crippen LogP contribution in [0.1, 0.15) is 72.7 Å². The van der Waals surface area contributed by atoms with Crippen LogP contribution < -0.4 is 5.73 Å². The lowest BCUT2D eigenvalue weighted by molar-refractivity contribution is -0.138. The van der Waals surface area contributed by atoms with Crippen molar-refractivity contribution >= 4 is 52.4 Å². The number of nitrogens with zero attached hydrogens (tertiary/aromatic N) is 1. The van der Waals surface area contributed by atoms with Gasteiger partial charge in [0.05, 0.1) is 23.2 Å². The molecular weight excluding hydrogens is 600 g/mol. The Morgan fingerprint density at radius 3 is 2.51 bits per heavy atom. The molecule has 236 valence electrons. The van der Waals surface area contributed by atoms with Crippen molar-refractivity contribution in [1.82, 2.24) is 4.98 Å². The van der Waals surface area contributed by atoms with Crippen molar-refractivity contribution in [1.29, 1.82) is 0 Å². The zero-order valence-corrected chi connectivity index (χ0v) is 27.7. The van der Waals surface area contributed by atoms with Crippen molar-refractivity contribution in [3.63, 3.8) is 0 Å². The summed E-state index contributed by atoms with van der Waals surface area (Å²) in [5, 5.41) is 22.1. The van der Waals surface area contributed by atoms with E-state index in [2.05, 4.69) is 49.1 Å². The van der Waals surface area contributed by atoms with Gasteiger partial charge in [-0.1, -0.05) is 84.4 Å².